The van der Waals surface area contributed by atoms with Crippen molar-refractivity contribution in [1.29, 1.82) is 0 Å². The van der Waals surface area contributed by atoms with Crippen LogP contribution >= 0.6 is 0 Å². The molecule has 2 aromatic rings. The Labute approximate surface area is 172 Å². The second-order valence-corrected chi connectivity index (χ2v) is 7.47. The lowest BCUT2D eigenvalue weighted by atomic mass is 10.0. The van der Waals surface area contributed by atoms with E-state index in [1.807, 2.05) is 39.0 Å². The maximum Gasteiger partial charge on any atom is 0.252 e. The number of carbonyl (C=O) groups is 3. The zero-order chi connectivity index (χ0) is 21.4. The minimum absolute atomic E-state index is 0.179. The van der Waals surface area contributed by atoms with Crippen molar-refractivity contribution in [2.75, 3.05) is 7.05 Å². The fourth-order valence-corrected chi connectivity index (χ4v) is 3.05. The highest BCUT2D eigenvalue weighted by atomic mass is 16.2. The van der Waals surface area contributed by atoms with E-state index in [1.54, 1.807) is 37.4 Å². The highest BCUT2D eigenvalue weighted by molar-refractivity contribution is 5.98. The molecule has 2 aromatic carbocycles. The molecule has 0 bridgehead atoms. The predicted molar refractivity (Wildman–Crippen MR) is 114 cm³/mol. The summed E-state index contributed by atoms with van der Waals surface area (Å²) in [5, 5.41) is 8.32. The van der Waals surface area contributed by atoms with E-state index >= 15 is 0 Å². The summed E-state index contributed by atoms with van der Waals surface area (Å²) in [5.74, 6) is -0.447. The maximum absolute atomic E-state index is 12.8. The van der Waals surface area contributed by atoms with Gasteiger partial charge >= 0.3 is 0 Å². The Morgan fingerprint density at radius 2 is 1.69 bits per heavy atom. The number of benzene rings is 2. The Morgan fingerprint density at radius 1 is 0.966 bits per heavy atom. The topological polar surface area (TPSA) is 87.3 Å². The third-order valence-corrected chi connectivity index (χ3v) is 4.60. The number of aryl methyl sites for hydroxylation is 1. The molecule has 2 rings (SSSR count). The van der Waals surface area contributed by atoms with Gasteiger partial charge in [-0.2, -0.15) is 0 Å². The van der Waals surface area contributed by atoms with Gasteiger partial charge in [-0.05, 0) is 48.6 Å². The van der Waals surface area contributed by atoms with Crippen LogP contribution in [-0.2, 0) is 11.3 Å². The van der Waals surface area contributed by atoms with E-state index in [4.69, 9.17) is 0 Å². The number of rotatable bonds is 8. The Balaban J connectivity index is 2.06. The van der Waals surface area contributed by atoms with Gasteiger partial charge in [0.05, 0.1) is 0 Å². The summed E-state index contributed by atoms with van der Waals surface area (Å²) in [6.45, 7) is 6.16. The molecule has 3 amide bonds. The first kappa shape index (κ1) is 22.1. The third kappa shape index (κ3) is 6.45. The fraction of sp³-hybridized carbons (Fsp3) is 0.348. The van der Waals surface area contributed by atoms with E-state index in [9.17, 15) is 14.4 Å². The van der Waals surface area contributed by atoms with Gasteiger partial charge in [0.2, 0.25) is 5.91 Å². The number of carbonyl (C=O) groups excluding carboxylic acids is 3. The zero-order valence-electron chi connectivity index (χ0n) is 17.4. The van der Waals surface area contributed by atoms with Crippen LogP contribution in [-0.4, -0.2) is 30.8 Å². The summed E-state index contributed by atoms with van der Waals surface area (Å²) in [6.07, 6.45) is 0.529. The number of hydrogen-bond donors (Lipinski definition) is 3. The molecule has 0 aliphatic heterocycles. The Morgan fingerprint density at radius 3 is 2.34 bits per heavy atom. The van der Waals surface area contributed by atoms with Gasteiger partial charge in [0, 0.05) is 24.7 Å². The van der Waals surface area contributed by atoms with E-state index in [-0.39, 0.29) is 30.2 Å². The molecule has 1 unspecified atom stereocenters. The lowest BCUT2D eigenvalue weighted by Crippen LogP contribution is -2.47. The number of hydrogen-bond acceptors (Lipinski definition) is 3. The molecule has 0 radical (unpaired) electrons. The normalized spacial score (nSPS) is 11.6. The second kappa shape index (κ2) is 10.4. The first-order valence-corrected chi connectivity index (χ1v) is 9.77. The van der Waals surface area contributed by atoms with E-state index in [0.717, 1.165) is 11.1 Å². The molecule has 0 saturated heterocycles. The van der Waals surface area contributed by atoms with Crippen LogP contribution in [0, 0.1) is 12.8 Å². The van der Waals surface area contributed by atoms with E-state index < -0.39 is 6.04 Å². The summed E-state index contributed by atoms with van der Waals surface area (Å²) < 4.78 is 0. The highest BCUT2D eigenvalue weighted by Gasteiger charge is 2.23. The van der Waals surface area contributed by atoms with Gasteiger partial charge < -0.3 is 16.0 Å². The van der Waals surface area contributed by atoms with Crippen molar-refractivity contribution >= 4 is 17.7 Å². The van der Waals surface area contributed by atoms with E-state index in [1.165, 1.54) is 0 Å². The van der Waals surface area contributed by atoms with Gasteiger partial charge in [0.1, 0.15) is 6.04 Å². The smallest absolute Gasteiger partial charge is 0.252 e. The van der Waals surface area contributed by atoms with Crippen LogP contribution in [0.15, 0.2) is 48.5 Å². The largest absolute Gasteiger partial charge is 0.355 e. The Bertz CT molecular complexity index is 877. The highest BCUT2D eigenvalue weighted by Crippen LogP contribution is 2.11. The van der Waals surface area contributed by atoms with E-state index in [2.05, 4.69) is 16.0 Å². The fourth-order valence-electron chi connectivity index (χ4n) is 3.05. The quantitative estimate of drug-likeness (QED) is 0.642. The third-order valence-electron chi connectivity index (χ3n) is 4.60. The molecule has 0 heterocycles. The summed E-state index contributed by atoms with van der Waals surface area (Å²) >= 11 is 0. The summed E-state index contributed by atoms with van der Waals surface area (Å²) in [5.41, 5.74) is 2.77. The van der Waals surface area contributed by atoms with Crippen LogP contribution in [0.3, 0.4) is 0 Å². The van der Waals surface area contributed by atoms with Crippen molar-refractivity contribution in [2.45, 2.75) is 39.8 Å². The first-order chi connectivity index (χ1) is 13.8. The summed E-state index contributed by atoms with van der Waals surface area (Å²) in [7, 11) is 1.57. The molecule has 6 nitrogen and oxygen atoms in total. The second-order valence-electron chi connectivity index (χ2n) is 7.47. The van der Waals surface area contributed by atoms with Crippen molar-refractivity contribution in [2.24, 2.45) is 5.92 Å². The predicted octanol–water partition coefficient (Wildman–Crippen LogP) is 2.82. The van der Waals surface area contributed by atoms with E-state index in [0.29, 0.717) is 17.5 Å². The van der Waals surface area contributed by atoms with Crippen LogP contribution in [0.5, 0.6) is 0 Å². The van der Waals surface area contributed by atoms with Crippen LogP contribution in [0.25, 0.3) is 0 Å². The minimum atomic E-state index is -0.635. The lowest BCUT2D eigenvalue weighted by molar-refractivity contribution is -0.123. The van der Waals surface area contributed by atoms with Crippen molar-refractivity contribution < 1.29 is 14.4 Å². The standard InChI is InChI=1S/C23H29N3O3/c1-15(2)12-20(26-22(28)19-11-6-5-8-16(19)3)23(29)25-14-17-9-7-10-18(13-17)21(27)24-4/h5-11,13,15,20H,12,14H2,1-4H3,(H,24,27)(H,25,29)(H,26,28). The molecule has 0 aromatic heterocycles. The van der Waals surface area contributed by atoms with Gasteiger partial charge in [-0.1, -0.05) is 44.2 Å². The van der Waals surface area contributed by atoms with Crippen LogP contribution < -0.4 is 16.0 Å². The van der Waals surface area contributed by atoms with Crippen molar-refractivity contribution in [3.8, 4) is 0 Å². The zero-order valence-corrected chi connectivity index (χ0v) is 17.4. The van der Waals surface area contributed by atoms with Crippen LogP contribution in [0.2, 0.25) is 0 Å². The number of amides is 3. The lowest BCUT2D eigenvalue weighted by Gasteiger charge is -2.21. The maximum atomic E-state index is 12.8. The molecular formula is C23H29N3O3. The average Bonchev–Trinajstić information content (AvgIpc) is 2.71. The molecule has 0 aliphatic carbocycles. The van der Waals surface area contributed by atoms with Crippen LogP contribution in [0.4, 0.5) is 0 Å². The van der Waals surface area contributed by atoms with Crippen molar-refractivity contribution in [3.05, 3.63) is 70.8 Å². The molecule has 0 aliphatic rings. The molecule has 6 heteroatoms. The molecule has 29 heavy (non-hydrogen) atoms. The molecule has 0 fully saturated rings. The van der Waals surface area contributed by atoms with Crippen molar-refractivity contribution in [1.82, 2.24) is 16.0 Å². The summed E-state index contributed by atoms with van der Waals surface area (Å²) in [4.78, 5) is 37.2. The Hall–Kier alpha value is -3.15. The van der Waals surface area contributed by atoms with Crippen LogP contribution in [0.1, 0.15) is 52.1 Å². The summed E-state index contributed by atoms with van der Waals surface area (Å²) in [6, 6.07) is 13.7. The molecule has 3 N–H and O–H groups in total. The number of nitrogens with one attached hydrogen (secondary N) is 3. The van der Waals surface area contributed by atoms with Gasteiger partial charge in [-0.3, -0.25) is 14.4 Å². The monoisotopic (exact) mass is 395 g/mol. The average molecular weight is 396 g/mol. The minimum Gasteiger partial charge on any atom is -0.355 e. The first-order valence-electron chi connectivity index (χ1n) is 9.77. The molecule has 0 saturated carbocycles. The molecule has 154 valence electrons. The van der Waals surface area contributed by atoms with Gasteiger partial charge in [0.15, 0.2) is 0 Å². The molecule has 1 atom stereocenters. The van der Waals surface area contributed by atoms with Gasteiger partial charge in [0.25, 0.3) is 11.8 Å². The molecule has 0 spiro atoms. The van der Waals surface area contributed by atoms with Gasteiger partial charge in [-0.15, -0.1) is 0 Å². The Kier molecular flexibility index (Phi) is 7.95. The van der Waals surface area contributed by atoms with Gasteiger partial charge in [-0.25, -0.2) is 0 Å². The van der Waals surface area contributed by atoms with Crippen molar-refractivity contribution in [3.63, 3.8) is 0 Å². The molecular weight excluding hydrogens is 366 g/mol. The SMILES string of the molecule is CNC(=O)c1cccc(CNC(=O)C(CC(C)C)NC(=O)c2ccccc2C)c1.